The molecule has 3 rings (SSSR count). The van der Waals surface area contributed by atoms with Gasteiger partial charge < -0.3 is 0 Å². The van der Waals surface area contributed by atoms with E-state index in [1.165, 1.54) is 24.0 Å². The Bertz CT molecular complexity index is 560. The fraction of sp³-hybridized carbons (Fsp3) is 0.308. The molecule has 0 saturated carbocycles. The van der Waals surface area contributed by atoms with Crippen LogP contribution in [0.5, 0.6) is 0 Å². The molecule has 1 aliphatic rings. The molecule has 0 radical (unpaired) electrons. The molecule has 0 atom stereocenters. The first-order valence-corrected chi connectivity index (χ1v) is 5.87. The monoisotopic (exact) mass is 227 g/mol. The van der Waals surface area contributed by atoms with Crippen molar-refractivity contribution in [3.8, 4) is 5.69 Å². The lowest BCUT2D eigenvalue weighted by Crippen LogP contribution is -2.08. The second-order valence-electron chi connectivity index (χ2n) is 4.33. The summed E-state index contributed by atoms with van der Waals surface area (Å²) in [4.78, 5) is 10.6. The van der Waals surface area contributed by atoms with Crippen molar-refractivity contribution >= 4 is 6.29 Å². The Balaban J connectivity index is 2.10. The molecule has 1 aliphatic carbocycles. The van der Waals surface area contributed by atoms with Crippen LogP contribution in [-0.4, -0.2) is 21.3 Å². The highest BCUT2D eigenvalue weighted by Crippen LogP contribution is 2.26. The number of nitrogens with zero attached hydrogens (tertiary/aromatic N) is 3. The number of carbonyl (C=O) groups is 1. The maximum absolute atomic E-state index is 10.6. The highest BCUT2D eigenvalue weighted by atomic mass is 16.1. The fourth-order valence-corrected chi connectivity index (χ4v) is 2.42. The molecule has 1 heterocycles. The van der Waals surface area contributed by atoms with Crippen LogP contribution in [0, 0.1) is 0 Å². The van der Waals surface area contributed by atoms with Crippen molar-refractivity contribution in [1.29, 1.82) is 0 Å². The number of benzene rings is 1. The maximum atomic E-state index is 10.6. The van der Waals surface area contributed by atoms with Crippen LogP contribution in [0.1, 0.15) is 34.5 Å². The van der Waals surface area contributed by atoms with Crippen LogP contribution >= 0.6 is 0 Å². The molecule has 0 bridgehead atoms. The van der Waals surface area contributed by atoms with Gasteiger partial charge in [0.1, 0.15) is 5.69 Å². The molecule has 2 aromatic rings. The van der Waals surface area contributed by atoms with Gasteiger partial charge in [0.25, 0.3) is 0 Å². The van der Waals surface area contributed by atoms with Gasteiger partial charge >= 0.3 is 0 Å². The van der Waals surface area contributed by atoms with Gasteiger partial charge in [0.15, 0.2) is 6.29 Å². The van der Waals surface area contributed by atoms with Crippen molar-refractivity contribution in [2.75, 3.05) is 0 Å². The number of carbonyl (C=O) groups excluding carboxylic acids is 1. The predicted octanol–water partition coefficient (Wildman–Crippen LogP) is 1.96. The Morgan fingerprint density at radius 2 is 2.12 bits per heavy atom. The van der Waals surface area contributed by atoms with Gasteiger partial charge in [-0.2, -0.15) is 0 Å². The van der Waals surface area contributed by atoms with Gasteiger partial charge in [0, 0.05) is 0 Å². The fourth-order valence-electron chi connectivity index (χ4n) is 2.42. The van der Waals surface area contributed by atoms with Crippen molar-refractivity contribution in [1.82, 2.24) is 15.0 Å². The Morgan fingerprint density at radius 1 is 1.24 bits per heavy atom. The minimum atomic E-state index is 0.374. The van der Waals surface area contributed by atoms with Gasteiger partial charge in [-0.3, -0.25) is 4.79 Å². The van der Waals surface area contributed by atoms with Gasteiger partial charge in [-0.05, 0) is 42.9 Å². The zero-order valence-electron chi connectivity index (χ0n) is 9.47. The second kappa shape index (κ2) is 4.13. The molecule has 4 nitrogen and oxygen atoms in total. The molecule has 17 heavy (non-hydrogen) atoms. The first kappa shape index (κ1) is 10.2. The normalized spacial score (nSPS) is 14.4. The van der Waals surface area contributed by atoms with Crippen LogP contribution < -0.4 is 0 Å². The van der Waals surface area contributed by atoms with Crippen molar-refractivity contribution < 1.29 is 4.79 Å². The standard InChI is InChI=1S/C13H13N3O/c17-9-11-8-16(15-14-11)13-7-3-5-10-4-1-2-6-12(10)13/h3,5,7-9H,1-2,4,6H2. The number of fused-ring (bicyclic) bond motifs is 1. The summed E-state index contributed by atoms with van der Waals surface area (Å²) in [5, 5.41) is 7.81. The third-order valence-electron chi connectivity index (χ3n) is 3.25. The van der Waals surface area contributed by atoms with Crippen molar-refractivity contribution in [3.05, 3.63) is 41.2 Å². The van der Waals surface area contributed by atoms with Crippen molar-refractivity contribution in [3.63, 3.8) is 0 Å². The Morgan fingerprint density at radius 3 is 2.94 bits per heavy atom. The van der Waals surface area contributed by atoms with E-state index in [1.807, 2.05) is 12.1 Å². The van der Waals surface area contributed by atoms with E-state index < -0.39 is 0 Å². The summed E-state index contributed by atoms with van der Waals surface area (Å²) in [5.41, 5.74) is 4.18. The molecule has 0 aliphatic heterocycles. The SMILES string of the molecule is O=Cc1cn(-c2cccc3c2CCCC3)nn1. The molecule has 0 spiro atoms. The number of aldehydes is 1. The Labute approximate surface area is 99.3 Å². The molecule has 4 heteroatoms. The van der Waals surface area contributed by atoms with E-state index in [0.29, 0.717) is 5.69 Å². The number of rotatable bonds is 2. The van der Waals surface area contributed by atoms with Crippen LogP contribution in [0.4, 0.5) is 0 Å². The molecule has 1 aromatic heterocycles. The lowest BCUT2D eigenvalue weighted by molar-refractivity contribution is 0.111. The summed E-state index contributed by atoms with van der Waals surface area (Å²) in [5.74, 6) is 0. The average Bonchev–Trinajstić information content (AvgIpc) is 2.87. The van der Waals surface area contributed by atoms with Gasteiger partial charge in [0.05, 0.1) is 11.9 Å². The van der Waals surface area contributed by atoms with Crippen LogP contribution in [0.25, 0.3) is 5.69 Å². The number of hydrogen-bond acceptors (Lipinski definition) is 3. The summed E-state index contributed by atoms with van der Waals surface area (Å²) in [6, 6.07) is 6.25. The molecule has 86 valence electrons. The molecule has 0 fully saturated rings. The highest BCUT2D eigenvalue weighted by Gasteiger charge is 2.14. The third-order valence-corrected chi connectivity index (χ3v) is 3.25. The predicted molar refractivity (Wildman–Crippen MR) is 63.4 cm³/mol. The lowest BCUT2D eigenvalue weighted by Gasteiger charge is -2.18. The summed E-state index contributed by atoms with van der Waals surface area (Å²) in [6.45, 7) is 0. The molecular formula is C13H13N3O. The van der Waals surface area contributed by atoms with E-state index in [-0.39, 0.29) is 0 Å². The summed E-state index contributed by atoms with van der Waals surface area (Å²) in [7, 11) is 0. The smallest absolute Gasteiger partial charge is 0.171 e. The Kier molecular flexibility index (Phi) is 2.48. The van der Waals surface area contributed by atoms with E-state index in [1.54, 1.807) is 10.9 Å². The number of hydrogen-bond donors (Lipinski definition) is 0. The molecular weight excluding hydrogens is 214 g/mol. The van der Waals surface area contributed by atoms with E-state index >= 15 is 0 Å². The molecule has 0 unspecified atom stereocenters. The molecule has 0 N–H and O–H groups in total. The van der Waals surface area contributed by atoms with Crippen LogP contribution in [-0.2, 0) is 12.8 Å². The highest BCUT2D eigenvalue weighted by molar-refractivity contribution is 5.71. The molecule has 0 amide bonds. The van der Waals surface area contributed by atoms with Crippen LogP contribution in [0.2, 0.25) is 0 Å². The maximum Gasteiger partial charge on any atom is 0.171 e. The minimum Gasteiger partial charge on any atom is -0.296 e. The quantitative estimate of drug-likeness (QED) is 0.737. The van der Waals surface area contributed by atoms with E-state index in [4.69, 9.17) is 0 Å². The van der Waals surface area contributed by atoms with Gasteiger partial charge in [0.2, 0.25) is 0 Å². The lowest BCUT2D eigenvalue weighted by atomic mass is 9.90. The van der Waals surface area contributed by atoms with E-state index in [9.17, 15) is 4.79 Å². The average molecular weight is 227 g/mol. The van der Waals surface area contributed by atoms with Crippen LogP contribution in [0.15, 0.2) is 24.4 Å². The van der Waals surface area contributed by atoms with Crippen molar-refractivity contribution in [2.45, 2.75) is 25.7 Å². The third kappa shape index (κ3) is 1.75. The minimum absolute atomic E-state index is 0.374. The number of aromatic nitrogens is 3. The zero-order chi connectivity index (χ0) is 11.7. The topological polar surface area (TPSA) is 47.8 Å². The van der Waals surface area contributed by atoms with E-state index in [0.717, 1.165) is 24.8 Å². The van der Waals surface area contributed by atoms with Gasteiger partial charge in [-0.15, -0.1) is 5.10 Å². The summed E-state index contributed by atoms with van der Waals surface area (Å²) < 4.78 is 1.70. The van der Waals surface area contributed by atoms with Gasteiger partial charge in [-0.25, -0.2) is 4.68 Å². The summed E-state index contributed by atoms with van der Waals surface area (Å²) >= 11 is 0. The first-order chi connectivity index (χ1) is 8.38. The van der Waals surface area contributed by atoms with Crippen molar-refractivity contribution in [2.24, 2.45) is 0 Å². The van der Waals surface area contributed by atoms with Gasteiger partial charge in [-0.1, -0.05) is 17.3 Å². The number of aryl methyl sites for hydroxylation is 1. The molecule has 1 aromatic carbocycles. The largest absolute Gasteiger partial charge is 0.296 e. The summed E-state index contributed by atoms with van der Waals surface area (Å²) in [6.07, 6.45) is 7.10. The van der Waals surface area contributed by atoms with E-state index in [2.05, 4.69) is 16.4 Å². The second-order valence-corrected chi connectivity index (χ2v) is 4.33. The first-order valence-electron chi connectivity index (χ1n) is 5.87. The Hall–Kier alpha value is -1.97. The zero-order valence-corrected chi connectivity index (χ0v) is 9.47. The van der Waals surface area contributed by atoms with Crippen LogP contribution in [0.3, 0.4) is 0 Å². The molecule has 0 saturated heterocycles.